The van der Waals surface area contributed by atoms with Gasteiger partial charge in [0.2, 0.25) is 0 Å². The van der Waals surface area contributed by atoms with Crippen molar-refractivity contribution in [2.24, 2.45) is 11.8 Å². The lowest BCUT2D eigenvalue weighted by atomic mass is 9.73. The van der Waals surface area contributed by atoms with E-state index in [1.165, 1.54) is 0 Å². The summed E-state index contributed by atoms with van der Waals surface area (Å²) >= 11 is 0. The first-order chi connectivity index (χ1) is 6.18. The smallest absolute Gasteiger partial charge is 0.272 e. The monoisotopic (exact) mass is 186 g/mol. The molecule has 4 bridgehead atoms. The Morgan fingerprint density at radius 3 is 1.85 bits per heavy atom. The van der Waals surface area contributed by atoms with Gasteiger partial charge in [0.25, 0.3) is 6.48 Å². The van der Waals surface area contributed by atoms with E-state index >= 15 is 0 Å². The minimum atomic E-state index is -0.532. The Hall–Kier alpha value is -0.160. The van der Waals surface area contributed by atoms with E-state index in [-0.39, 0.29) is 30.1 Å². The SMILES string of the molecule is CC1C2OC3OC1C(O)C(O3)C2C. The van der Waals surface area contributed by atoms with Gasteiger partial charge in [-0.05, 0) is 0 Å². The normalized spacial score (nSPS) is 64.4. The average molecular weight is 186 g/mol. The summed E-state index contributed by atoms with van der Waals surface area (Å²) in [5.41, 5.74) is 0. The molecule has 1 N–H and O–H groups in total. The Kier molecular flexibility index (Phi) is 1.54. The van der Waals surface area contributed by atoms with Crippen LogP contribution in [0.25, 0.3) is 0 Å². The molecule has 0 radical (unpaired) electrons. The van der Waals surface area contributed by atoms with Crippen LogP contribution in [0.1, 0.15) is 13.8 Å². The molecule has 0 spiro atoms. The summed E-state index contributed by atoms with van der Waals surface area (Å²) in [6, 6.07) is 0. The van der Waals surface area contributed by atoms with E-state index in [9.17, 15) is 5.11 Å². The summed E-state index contributed by atoms with van der Waals surface area (Å²) < 4.78 is 16.3. The van der Waals surface area contributed by atoms with Gasteiger partial charge < -0.3 is 19.3 Å². The molecule has 4 fully saturated rings. The van der Waals surface area contributed by atoms with Gasteiger partial charge in [-0.1, -0.05) is 13.8 Å². The molecule has 1 aliphatic carbocycles. The third-order valence-electron chi connectivity index (χ3n) is 3.55. The molecule has 4 nitrogen and oxygen atoms in total. The fraction of sp³-hybridized carbons (Fsp3) is 1.00. The first kappa shape index (κ1) is 8.17. The lowest BCUT2D eigenvalue weighted by Gasteiger charge is -2.57. The zero-order valence-corrected chi connectivity index (χ0v) is 7.71. The predicted molar refractivity (Wildman–Crippen MR) is 42.7 cm³/mol. The van der Waals surface area contributed by atoms with E-state index in [1.807, 2.05) is 0 Å². The minimum absolute atomic E-state index is 0.0984. The number of ether oxygens (including phenoxy) is 3. The molecule has 4 heteroatoms. The molecule has 4 atom stereocenters. The highest BCUT2D eigenvalue weighted by atomic mass is 16.9. The standard InChI is InChI=1S/C9H14O4/c1-3-6-4(2)8-5(10)7(3)12-9(11-6)13-8/h3-10H,1-2H3. The van der Waals surface area contributed by atoms with Gasteiger partial charge in [-0.25, -0.2) is 0 Å². The third-order valence-corrected chi connectivity index (χ3v) is 3.55. The molecule has 0 aromatic rings. The summed E-state index contributed by atoms with van der Waals surface area (Å²) in [5.74, 6) is 0.530. The molecule has 3 heterocycles. The van der Waals surface area contributed by atoms with Gasteiger partial charge in [0.05, 0.1) is 18.3 Å². The van der Waals surface area contributed by atoms with E-state index in [1.54, 1.807) is 0 Å². The van der Waals surface area contributed by atoms with Crippen molar-refractivity contribution in [1.29, 1.82) is 0 Å². The Bertz CT molecular complexity index is 182. The maximum atomic E-state index is 9.86. The molecule has 0 amide bonds. The van der Waals surface area contributed by atoms with E-state index in [4.69, 9.17) is 14.2 Å². The van der Waals surface area contributed by atoms with Crippen LogP contribution in [0.15, 0.2) is 0 Å². The van der Waals surface area contributed by atoms with Gasteiger partial charge in [0.15, 0.2) is 0 Å². The fourth-order valence-electron chi connectivity index (χ4n) is 2.80. The van der Waals surface area contributed by atoms with Crippen LogP contribution in [-0.2, 0) is 14.2 Å². The minimum Gasteiger partial charge on any atom is -0.388 e. The maximum absolute atomic E-state index is 9.86. The quantitative estimate of drug-likeness (QED) is 0.583. The molecular weight excluding hydrogens is 172 g/mol. The van der Waals surface area contributed by atoms with Crippen molar-refractivity contribution in [3.8, 4) is 0 Å². The molecule has 4 rings (SSSR count). The van der Waals surface area contributed by atoms with E-state index in [0.29, 0.717) is 0 Å². The highest BCUT2D eigenvalue weighted by Gasteiger charge is 2.58. The summed E-state index contributed by atoms with van der Waals surface area (Å²) in [6.07, 6.45) is -0.496. The van der Waals surface area contributed by atoms with Crippen LogP contribution in [0.2, 0.25) is 0 Å². The highest BCUT2D eigenvalue weighted by molar-refractivity contribution is 5.01. The summed E-state index contributed by atoms with van der Waals surface area (Å²) in [4.78, 5) is 0. The van der Waals surface area contributed by atoms with Gasteiger partial charge in [-0.15, -0.1) is 0 Å². The highest BCUT2D eigenvalue weighted by Crippen LogP contribution is 2.45. The lowest BCUT2D eigenvalue weighted by Crippen LogP contribution is -2.69. The number of aliphatic hydroxyl groups excluding tert-OH is 1. The van der Waals surface area contributed by atoms with Gasteiger partial charge in [0.1, 0.15) is 6.10 Å². The molecule has 13 heavy (non-hydrogen) atoms. The molecular formula is C9H14O4. The van der Waals surface area contributed by atoms with Crippen molar-refractivity contribution in [1.82, 2.24) is 0 Å². The van der Waals surface area contributed by atoms with Crippen molar-refractivity contribution in [3.05, 3.63) is 0 Å². The van der Waals surface area contributed by atoms with Crippen LogP contribution < -0.4 is 0 Å². The average Bonchev–Trinajstić information content (AvgIpc) is 2.12. The molecule has 1 saturated carbocycles. The van der Waals surface area contributed by atoms with Crippen molar-refractivity contribution < 1.29 is 19.3 Å². The van der Waals surface area contributed by atoms with Crippen LogP contribution in [0, 0.1) is 11.8 Å². The zero-order valence-electron chi connectivity index (χ0n) is 7.71. The Labute approximate surface area is 76.8 Å². The van der Waals surface area contributed by atoms with Crippen molar-refractivity contribution in [2.45, 2.75) is 44.7 Å². The van der Waals surface area contributed by atoms with Crippen LogP contribution >= 0.6 is 0 Å². The number of rotatable bonds is 0. The fourth-order valence-corrected chi connectivity index (χ4v) is 2.80. The van der Waals surface area contributed by atoms with Crippen molar-refractivity contribution >= 4 is 0 Å². The number of hydrogen-bond donors (Lipinski definition) is 1. The second kappa shape index (κ2) is 2.45. The van der Waals surface area contributed by atoms with Gasteiger partial charge >= 0.3 is 0 Å². The summed E-state index contributed by atoms with van der Waals surface area (Å²) in [6.45, 7) is 3.59. The molecule has 0 aromatic heterocycles. The Balaban J connectivity index is 1.97. The first-order valence-corrected chi connectivity index (χ1v) is 4.83. The molecule has 3 aliphatic heterocycles. The Morgan fingerprint density at radius 2 is 1.31 bits per heavy atom. The topological polar surface area (TPSA) is 47.9 Å². The van der Waals surface area contributed by atoms with Crippen molar-refractivity contribution in [3.63, 3.8) is 0 Å². The van der Waals surface area contributed by atoms with Crippen LogP contribution in [0.5, 0.6) is 0 Å². The molecule has 74 valence electrons. The largest absolute Gasteiger partial charge is 0.388 e. The van der Waals surface area contributed by atoms with Crippen LogP contribution in [0.4, 0.5) is 0 Å². The summed E-state index contributed by atoms with van der Waals surface area (Å²) in [5, 5.41) is 9.86. The second-order valence-electron chi connectivity index (χ2n) is 4.30. The lowest BCUT2D eigenvalue weighted by molar-refractivity contribution is -0.470. The zero-order chi connectivity index (χ0) is 9.16. The van der Waals surface area contributed by atoms with Gasteiger partial charge in [-0.3, -0.25) is 0 Å². The molecule has 0 aromatic carbocycles. The van der Waals surface area contributed by atoms with E-state index < -0.39 is 12.6 Å². The van der Waals surface area contributed by atoms with E-state index in [0.717, 1.165) is 0 Å². The number of hydrogen-bond acceptors (Lipinski definition) is 4. The molecule has 4 aliphatic rings. The third kappa shape index (κ3) is 0.892. The van der Waals surface area contributed by atoms with Gasteiger partial charge in [0, 0.05) is 11.8 Å². The summed E-state index contributed by atoms with van der Waals surface area (Å²) in [7, 11) is 0. The molecule has 4 unspecified atom stereocenters. The predicted octanol–water partition coefficient (Wildman–Crippen LogP) is 0.0995. The van der Waals surface area contributed by atoms with E-state index in [2.05, 4.69) is 13.8 Å². The first-order valence-electron chi connectivity index (χ1n) is 4.83. The van der Waals surface area contributed by atoms with Gasteiger partial charge in [-0.2, -0.15) is 0 Å². The van der Waals surface area contributed by atoms with Crippen LogP contribution in [0.3, 0.4) is 0 Å². The number of aliphatic hydroxyl groups is 1. The van der Waals surface area contributed by atoms with Crippen molar-refractivity contribution in [2.75, 3.05) is 0 Å². The second-order valence-corrected chi connectivity index (χ2v) is 4.30. The molecule has 3 saturated heterocycles. The maximum Gasteiger partial charge on any atom is 0.272 e. The van der Waals surface area contributed by atoms with Crippen LogP contribution in [-0.4, -0.2) is 36.0 Å². The Morgan fingerprint density at radius 1 is 0.846 bits per heavy atom.